The summed E-state index contributed by atoms with van der Waals surface area (Å²) in [4.78, 5) is 40.7. The van der Waals surface area contributed by atoms with Gasteiger partial charge in [0.2, 0.25) is 0 Å². The Balaban J connectivity index is 1.88. The number of hydrogen-bond acceptors (Lipinski definition) is 12. The number of nitro benzene ring substituents is 4. The van der Waals surface area contributed by atoms with Crippen LogP contribution in [0.2, 0.25) is 0 Å². The van der Waals surface area contributed by atoms with E-state index in [4.69, 9.17) is 0 Å². The maximum Gasteiger partial charge on any atom is 0.299 e. The fraction of sp³-hybridized carbons (Fsp3) is 0.333. The van der Waals surface area contributed by atoms with Gasteiger partial charge in [0.15, 0.2) is 0 Å². The van der Waals surface area contributed by atoms with Crippen molar-refractivity contribution in [3.63, 3.8) is 0 Å². The largest absolute Gasteiger partial charge is 0.390 e. The molecule has 0 aliphatic rings. The van der Waals surface area contributed by atoms with Crippen LogP contribution in [0.15, 0.2) is 36.4 Å². The first-order valence-electron chi connectivity index (χ1n) is 9.70. The molecular formula is C18H20N6O10. The molecule has 16 heteroatoms. The molecule has 0 radical (unpaired) electrons. The molecule has 4 N–H and O–H groups in total. The predicted molar refractivity (Wildman–Crippen MR) is 118 cm³/mol. The van der Waals surface area contributed by atoms with Crippen LogP contribution in [0.3, 0.4) is 0 Å². The minimum absolute atomic E-state index is 0.00185. The predicted octanol–water partition coefficient (Wildman–Crippen LogP) is 2.35. The van der Waals surface area contributed by atoms with Crippen LogP contribution in [0, 0.1) is 40.5 Å². The Bertz CT molecular complexity index is 1010. The average Bonchev–Trinajstić information content (AvgIpc) is 2.78. The van der Waals surface area contributed by atoms with Crippen LogP contribution in [0.4, 0.5) is 34.1 Å². The Morgan fingerprint density at radius 1 is 0.647 bits per heavy atom. The van der Waals surface area contributed by atoms with E-state index in [0.29, 0.717) is 0 Å². The molecule has 0 aromatic heterocycles. The topological polar surface area (TPSA) is 237 Å². The second-order valence-corrected chi connectivity index (χ2v) is 7.00. The summed E-state index contributed by atoms with van der Waals surface area (Å²) in [5, 5.41) is 69.4. The van der Waals surface area contributed by atoms with Crippen LogP contribution in [0.25, 0.3) is 0 Å². The summed E-state index contributed by atoms with van der Waals surface area (Å²) in [5.41, 5.74) is -1.92. The molecule has 0 heterocycles. The number of nitro groups is 4. The fourth-order valence-electron chi connectivity index (χ4n) is 2.96. The van der Waals surface area contributed by atoms with E-state index in [9.17, 15) is 50.7 Å². The van der Waals surface area contributed by atoms with Crippen molar-refractivity contribution in [2.45, 2.75) is 25.0 Å². The van der Waals surface area contributed by atoms with Gasteiger partial charge in [-0.2, -0.15) is 0 Å². The number of nitrogens with zero attached hydrogens (tertiary/aromatic N) is 4. The van der Waals surface area contributed by atoms with E-state index in [0.717, 1.165) is 24.3 Å². The smallest absolute Gasteiger partial charge is 0.299 e. The second kappa shape index (κ2) is 11.4. The minimum atomic E-state index is -1.25. The highest BCUT2D eigenvalue weighted by Crippen LogP contribution is 2.30. The first kappa shape index (κ1) is 25.8. The number of anilines is 2. The number of benzene rings is 2. The van der Waals surface area contributed by atoms with Crippen molar-refractivity contribution in [3.05, 3.63) is 76.9 Å². The highest BCUT2D eigenvalue weighted by atomic mass is 16.6. The molecule has 34 heavy (non-hydrogen) atoms. The van der Waals surface area contributed by atoms with Gasteiger partial charge in [0.1, 0.15) is 11.4 Å². The molecule has 0 fully saturated rings. The summed E-state index contributed by atoms with van der Waals surface area (Å²) in [6.07, 6.45) is -2.57. The zero-order chi connectivity index (χ0) is 25.4. The van der Waals surface area contributed by atoms with Gasteiger partial charge in [-0.3, -0.25) is 40.5 Å². The fourth-order valence-corrected chi connectivity index (χ4v) is 2.96. The molecule has 0 amide bonds. The van der Waals surface area contributed by atoms with Crippen molar-refractivity contribution in [2.75, 3.05) is 23.7 Å². The summed E-state index contributed by atoms with van der Waals surface area (Å²) < 4.78 is 0. The molecule has 0 aliphatic heterocycles. The van der Waals surface area contributed by atoms with Crippen LogP contribution in [0.5, 0.6) is 0 Å². The first-order valence-corrected chi connectivity index (χ1v) is 9.70. The Kier molecular flexibility index (Phi) is 8.68. The molecule has 2 aromatic carbocycles. The molecule has 16 nitrogen and oxygen atoms in total. The standard InChI is InChI=1S/C18H20N6O10/c25-17(5-7-19-13-3-1-11(21(27)28)9-15(13)23(31)32)18(26)6-8-20-14-4-2-12(22(29)30)10-16(14)24(33)34/h1-4,9-10,17-20,25-26H,5-8H2. The molecule has 0 saturated heterocycles. The Morgan fingerprint density at radius 3 is 1.29 bits per heavy atom. The van der Waals surface area contributed by atoms with E-state index >= 15 is 0 Å². The third-order valence-corrected chi connectivity index (χ3v) is 4.73. The SMILES string of the molecule is O=[N+]([O-])c1ccc(NCCC(O)C(O)CCNc2ccc([N+](=O)[O-])cc2[N+](=O)[O-])c([N+](=O)[O-])c1. The molecule has 0 saturated carbocycles. The highest BCUT2D eigenvalue weighted by Gasteiger charge is 2.22. The molecule has 0 aliphatic carbocycles. The van der Waals surface area contributed by atoms with Gasteiger partial charge in [0, 0.05) is 25.2 Å². The van der Waals surface area contributed by atoms with E-state index in [1.165, 1.54) is 12.1 Å². The quantitative estimate of drug-likeness (QED) is 0.239. The molecule has 0 spiro atoms. The van der Waals surface area contributed by atoms with Gasteiger partial charge in [-0.05, 0) is 25.0 Å². The van der Waals surface area contributed by atoms with Gasteiger partial charge in [-0.25, -0.2) is 0 Å². The van der Waals surface area contributed by atoms with Crippen molar-refractivity contribution in [3.8, 4) is 0 Å². The third-order valence-electron chi connectivity index (χ3n) is 4.73. The summed E-state index contributed by atoms with van der Waals surface area (Å²) in [7, 11) is 0. The van der Waals surface area contributed by atoms with Gasteiger partial charge in [0.25, 0.3) is 22.7 Å². The van der Waals surface area contributed by atoms with Crippen molar-refractivity contribution in [2.24, 2.45) is 0 Å². The number of aliphatic hydroxyl groups is 2. The zero-order valence-corrected chi connectivity index (χ0v) is 17.4. The molecule has 2 atom stereocenters. The lowest BCUT2D eigenvalue weighted by molar-refractivity contribution is -0.393. The first-order chi connectivity index (χ1) is 16.0. The van der Waals surface area contributed by atoms with Gasteiger partial charge >= 0.3 is 0 Å². The second-order valence-electron chi connectivity index (χ2n) is 7.00. The molecular weight excluding hydrogens is 460 g/mol. The van der Waals surface area contributed by atoms with Gasteiger partial charge < -0.3 is 20.8 Å². The summed E-state index contributed by atoms with van der Waals surface area (Å²) in [6.45, 7) is -0.00371. The molecule has 2 unspecified atom stereocenters. The number of nitrogens with one attached hydrogen (secondary N) is 2. The molecule has 2 rings (SSSR count). The van der Waals surface area contributed by atoms with Gasteiger partial charge in [-0.1, -0.05) is 0 Å². The number of hydrogen-bond donors (Lipinski definition) is 4. The van der Waals surface area contributed by atoms with Crippen LogP contribution in [-0.4, -0.2) is 55.2 Å². The van der Waals surface area contributed by atoms with Crippen molar-refractivity contribution < 1.29 is 29.9 Å². The molecule has 182 valence electrons. The number of aliphatic hydroxyl groups excluding tert-OH is 2. The van der Waals surface area contributed by atoms with Crippen molar-refractivity contribution in [1.82, 2.24) is 0 Å². The minimum Gasteiger partial charge on any atom is -0.390 e. The zero-order valence-electron chi connectivity index (χ0n) is 17.4. The monoisotopic (exact) mass is 480 g/mol. The van der Waals surface area contributed by atoms with Gasteiger partial charge in [-0.15, -0.1) is 0 Å². The normalized spacial score (nSPS) is 12.4. The van der Waals surface area contributed by atoms with Gasteiger partial charge in [0.05, 0.1) is 44.0 Å². The molecule has 0 bridgehead atoms. The summed E-state index contributed by atoms with van der Waals surface area (Å²) in [5.74, 6) is 0. The Hall–Kier alpha value is -4.44. The van der Waals surface area contributed by atoms with Crippen LogP contribution >= 0.6 is 0 Å². The Labute approximate surface area is 190 Å². The number of non-ortho nitro benzene ring substituents is 2. The lowest BCUT2D eigenvalue weighted by atomic mass is 10.1. The third kappa shape index (κ3) is 6.78. The van der Waals surface area contributed by atoms with Crippen LogP contribution < -0.4 is 10.6 Å². The maximum atomic E-state index is 11.1. The van der Waals surface area contributed by atoms with E-state index in [2.05, 4.69) is 10.6 Å². The summed E-state index contributed by atoms with van der Waals surface area (Å²) in [6, 6.07) is 6.11. The molecule has 2 aromatic rings. The van der Waals surface area contributed by atoms with Crippen molar-refractivity contribution in [1.29, 1.82) is 0 Å². The van der Waals surface area contributed by atoms with Crippen LogP contribution in [-0.2, 0) is 0 Å². The van der Waals surface area contributed by atoms with E-state index < -0.39 is 54.7 Å². The lowest BCUT2D eigenvalue weighted by Crippen LogP contribution is -2.30. The van der Waals surface area contributed by atoms with Crippen LogP contribution in [0.1, 0.15) is 12.8 Å². The van der Waals surface area contributed by atoms with E-state index in [1.54, 1.807) is 0 Å². The highest BCUT2D eigenvalue weighted by molar-refractivity contribution is 5.66. The summed E-state index contributed by atoms with van der Waals surface area (Å²) >= 11 is 0. The maximum absolute atomic E-state index is 11.1. The number of rotatable bonds is 13. The lowest BCUT2D eigenvalue weighted by Gasteiger charge is -2.18. The van der Waals surface area contributed by atoms with Crippen molar-refractivity contribution >= 4 is 34.1 Å². The van der Waals surface area contributed by atoms with E-state index in [1.807, 2.05) is 0 Å². The average molecular weight is 480 g/mol. The Morgan fingerprint density at radius 2 is 1.00 bits per heavy atom. The van der Waals surface area contributed by atoms with E-state index in [-0.39, 0.29) is 37.3 Å².